The Bertz CT molecular complexity index is 323. The average molecular weight is 212 g/mol. The van der Waals surface area contributed by atoms with E-state index in [1.807, 2.05) is 12.1 Å². The van der Waals surface area contributed by atoms with E-state index in [1.54, 1.807) is 12.1 Å². The van der Waals surface area contributed by atoms with Crippen LogP contribution in [0.5, 0.6) is 5.75 Å². The van der Waals surface area contributed by atoms with Gasteiger partial charge in [-0.05, 0) is 24.3 Å². The molecule has 0 amide bonds. The van der Waals surface area contributed by atoms with Crippen molar-refractivity contribution < 1.29 is 9.47 Å². The minimum atomic E-state index is 0.116. The van der Waals surface area contributed by atoms with E-state index in [-0.39, 0.29) is 6.04 Å². The maximum atomic E-state index is 5.74. The molecule has 1 aromatic rings. The molecule has 4 heteroatoms. The number of rotatable bonds is 3. The Morgan fingerprint density at radius 2 is 2.21 bits per heavy atom. The maximum absolute atomic E-state index is 5.74. The quantitative estimate of drug-likeness (QED) is 0.767. The molecule has 74 valence electrons. The highest BCUT2D eigenvalue weighted by Crippen LogP contribution is 2.16. The minimum Gasteiger partial charge on any atom is -0.491 e. The molecule has 1 atom stereocenters. The Hall–Kier alpha value is -1.22. The van der Waals surface area contributed by atoms with Gasteiger partial charge in [-0.3, -0.25) is 0 Å². The van der Waals surface area contributed by atoms with Gasteiger partial charge in [-0.15, -0.1) is 0 Å². The topological polar surface area (TPSA) is 30.8 Å². The molecule has 14 heavy (non-hydrogen) atoms. The lowest BCUT2D eigenvalue weighted by atomic mass is 10.3. The second kappa shape index (κ2) is 4.33. The number of benzene rings is 1. The summed E-state index contributed by atoms with van der Waals surface area (Å²) in [5, 5.41) is 0.708. The van der Waals surface area contributed by atoms with E-state index in [1.165, 1.54) is 6.40 Å². The van der Waals surface area contributed by atoms with Gasteiger partial charge in [0.15, 0.2) is 6.40 Å². The first-order valence-electron chi connectivity index (χ1n) is 4.36. The van der Waals surface area contributed by atoms with Crippen LogP contribution >= 0.6 is 11.6 Å². The van der Waals surface area contributed by atoms with Gasteiger partial charge in [0.05, 0.1) is 0 Å². The van der Waals surface area contributed by atoms with Crippen LogP contribution in [0, 0.1) is 0 Å². The third-order valence-electron chi connectivity index (χ3n) is 1.89. The van der Waals surface area contributed by atoms with E-state index in [2.05, 4.69) is 4.99 Å². The van der Waals surface area contributed by atoms with Crippen LogP contribution in [0.2, 0.25) is 5.02 Å². The lowest BCUT2D eigenvalue weighted by molar-refractivity contribution is 0.246. The molecule has 0 fully saturated rings. The second-order valence-electron chi connectivity index (χ2n) is 3.01. The molecule has 1 unspecified atom stereocenters. The van der Waals surface area contributed by atoms with Crippen molar-refractivity contribution in [2.45, 2.75) is 6.04 Å². The minimum absolute atomic E-state index is 0.116. The summed E-state index contributed by atoms with van der Waals surface area (Å²) in [4.78, 5) is 4.07. The van der Waals surface area contributed by atoms with Crippen molar-refractivity contribution in [2.75, 3.05) is 13.2 Å². The summed E-state index contributed by atoms with van der Waals surface area (Å²) in [6.45, 7) is 1.14. The molecule has 0 spiro atoms. The van der Waals surface area contributed by atoms with Crippen LogP contribution in [0.4, 0.5) is 0 Å². The number of nitrogens with zero attached hydrogens (tertiary/aromatic N) is 1. The van der Waals surface area contributed by atoms with Crippen molar-refractivity contribution >= 4 is 18.0 Å². The molecule has 1 aliphatic heterocycles. The highest BCUT2D eigenvalue weighted by atomic mass is 35.5. The summed E-state index contributed by atoms with van der Waals surface area (Å²) in [5.74, 6) is 0.802. The molecular formula is C10H10ClNO2. The zero-order chi connectivity index (χ0) is 9.80. The molecule has 0 saturated heterocycles. The lowest BCUT2D eigenvalue weighted by Gasteiger charge is -2.08. The monoisotopic (exact) mass is 211 g/mol. The van der Waals surface area contributed by atoms with Crippen molar-refractivity contribution in [3.8, 4) is 5.75 Å². The Labute approximate surface area is 87.3 Å². The molecule has 1 heterocycles. The maximum Gasteiger partial charge on any atom is 0.170 e. The first-order chi connectivity index (χ1) is 6.84. The summed E-state index contributed by atoms with van der Waals surface area (Å²) < 4.78 is 10.5. The predicted octanol–water partition coefficient (Wildman–Crippen LogP) is 2.15. The van der Waals surface area contributed by atoms with Gasteiger partial charge in [0.2, 0.25) is 0 Å². The fourth-order valence-electron chi connectivity index (χ4n) is 1.14. The van der Waals surface area contributed by atoms with E-state index in [0.29, 0.717) is 18.2 Å². The van der Waals surface area contributed by atoms with Crippen LogP contribution in [-0.2, 0) is 4.74 Å². The molecule has 0 aliphatic carbocycles. The number of halogens is 1. The van der Waals surface area contributed by atoms with Crippen LogP contribution in [0.25, 0.3) is 0 Å². The SMILES string of the molecule is Clc1ccc(OCC2COC=N2)cc1. The molecule has 0 bridgehead atoms. The molecule has 0 radical (unpaired) electrons. The van der Waals surface area contributed by atoms with E-state index in [9.17, 15) is 0 Å². The summed E-state index contributed by atoms with van der Waals surface area (Å²) >= 11 is 5.74. The van der Waals surface area contributed by atoms with Gasteiger partial charge in [0.1, 0.15) is 25.0 Å². The van der Waals surface area contributed by atoms with E-state index >= 15 is 0 Å². The molecule has 0 aromatic heterocycles. The molecule has 0 saturated carbocycles. The van der Waals surface area contributed by atoms with Gasteiger partial charge in [-0.25, -0.2) is 4.99 Å². The van der Waals surface area contributed by atoms with Crippen molar-refractivity contribution in [2.24, 2.45) is 4.99 Å². The molecular weight excluding hydrogens is 202 g/mol. The second-order valence-corrected chi connectivity index (χ2v) is 3.44. The van der Waals surface area contributed by atoms with Crippen molar-refractivity contribution in [3.63, 3.8) is 0 Å². The Morgan fingerprint density at radius 1 is 1.43 bits per heavy atom. The van der Waals surface area contributed by atoms with E-state index in [4.69, 9.17) is 21.1 Å². The van der Waals surface area contributed by atoms with Crippen LogP contribution in [0.3, 0.4) is 0 Å². The van der Waals surface area contributed by atoms with Gasteiger partial charge in [-0.1, -0.05) is 11.6 Å². The number of hydrogen-bond donors (Lipinski definition) is 0. The van der Waals surface area contributed by atoms with Gasteiger partial charge in [0, 0.05) is 5.02 Å². The van der Waals surface area contributed by atoms with Crippen LogP contribution in [0.1, 0.15) is 0 Å². The van der Waals surface area contributed by atoms with Crippen molar-refractivity contribution in [1.29, 1.82) is 0 Å². The smallest absolute Gasteiger partial charge is 0.170 e. The fourth-order valence-corrected chi connectivity index (χ4v) is 1.27. The number of ether oxygens (including phenoxy) is 2. The van der Waals surface area contributed by atoms with Crippen LogP contribution in [-0.4, -0.2) is 25.7 Å². The zero-order valence-electron chi connectivity index (χ0n) is 7.52. The van der Waals surface area contributed by atoms with Crippen molar-refractivity contribution in [1.82, 2.24) is 0 Å². The van der Waals surface area contributed by atoms with Gasteiger partial charge < -0.3 is 9.47 Å². The van der Waals surface area contributed by atoms with Crippen molar-refractivity contribution in [3.05, 3.63) is 29.3 Å². The summed E-state index contributed by atoms with van der Waals surface area (Å²) in [5.41, 5.74) is 0. The molecule has 3 nitrogen and oxygen atoms in total. The summed E-state index contributed by atoms with van der Waals surface area (Å²) in [6.07, 6.45) is 1.47. The lowest BCUT2D eigenvalue weighted by Crippen LogP contribution is -2.16. The first-order valence-corrected chi connectivity index (χ1v) is 4.74. The Balaban J connectivity index is 1.85. The van der Waals surface area contributed by atoms with Crippen LogP contribution in [0.15, 0.2) is 29.3 Å². The Kier molecular flexibility index (Phi) is 2.89. The van der Waals surface area contributed by atoms with Crippen LogP contribution < -0.4 is 4.74 Å². The van der Waals surface area contributed by atoms with Gasteiger partial charge in [-0.2, -0.15) is 0 Å². The largest absolute Gasteiger partial charge is 0.491 e. The number of aliphatic imine (C=N–C) groups is 1. The molecule has 1 aliphatic rings. The van der Waals surface area contributed by atoms with Gasteiger partial charge in [0.25, 0.3) is 0 Å². The average Bonchev–Trinajstić information content (AvgIpc) is 2.70. The predicted molar refractivity (Wildman–Crippen MR) is 55.2 cm³/mol. The molecule has 1 aromatic carbocycles. The third kappa shape index (κ3) is 2.39. The molecule has 0 N–H and O–H groups in total. The standard InChI is InChI=1S/C10H10ClNO2/c11-8-1-3-10(4-2-8)14-6-9-5-13-7-12-9/h1-4,7,9H,5-6H2. The summed E-state index contributed by atoms with van der Waals surface area (Å²) in [6, 6.07) is 7.38. The molecule has 2 rings (SSSR count). The highest BCUT2D eigenvalue weighted by Gasteiger charge is 2.11. The van der Waals surface area contributed by atoms with E-state index < -0.39 is 0 Å². The first kappa shape index (κ1) is 9.34. The third-order valence-corrected chi connectivity index (χ3v) is 2.14. The Morgan fingerprint density at radius 3 is 2.86 bits per heavy atom. The van der Waals surface area contributed by atoms with Gasteiger partial charge >= 0.3 is 0 Å². The summed E-state index contributed by atoms with van der Waals surface area (Å²) in [7, 11) is 0. The number of hydrogen-bond acceptors (Lipinski definition) is 3. The van der Waals surface area contributed by atoms with E-state index in [0.717, 1.165) is 5.75 Å². The normalized spacial score (nSPS) is 19.4. The highest BCUT2D eigenvalue weighted by molar-refractivity contribution is 6.30. The fraction of sp³-hybridized carbons (Fsp3) is 0.300. The zero-order valence-corrected chi connectivity index (χ0v) is 8.28.